The van der Waals surface area contributed by atoms with Gasteiger partial charge in [0.05, 0.1) is 28.5 Å². The van der Waals surface area contributed by atoms with Crippen molar-refractivity contribution in [2.45, 2.75) is 25.8 Å². The Labute approximate surface area is 150 Å². The zero-order chi connectivity index (χ0) is 18.4. The van der Waals surface area contributed by atoms with E-state index in [0.717, 1.165) is 22.6 Å². The summed E-state index contributed by atoms with van der Waals surface area (Å²) in [5.41, 5.74) is 3.67. The van der Waals surface area contributed by atoms with Gasteiger partial charge in [0.1, 0.15) is 5.82 Å². The first-order valence-corrected chi connectivity index (χ1v) is 8.52. The Balaban J connectivity index is 1.85. The van der Waals surface area contributed by atoms with Crippen LogP contribution in [0.15, 0.2) is 47.1 Å². The van der Waals surface area contributed by atoms with Gasteiger partial charge in [0.25, 0.3) is 5.91 Å². The predicted molar refractivity (Wildman–Crippen MR) is 99.4 cm³/mol. The molecule has 0 fully saturated rings. The number of hydrogen-bond donors (Lipinski definition) is 2. The number of allylic oxidation sites excluding steroid dienone is 3. The van der Waals surface area contributed by atoms with Crippen LogP contribution in [-0.2, 0) is 0 Å². The summed E-state index contributed by atoms with van der Waals surface area (Å²) in [6.07, 6.45) is 5.83. The van der Waals surface area contributed by atoms with Crippen molar-refractivity contribution in [1.29, 1.82) is 0 Å². The fourth-order valence-corrected chi connectivity index (χ4v) is 3.33. The standard InChI is InChI=1S/C19H19N5O2/c1-10(2)17-21-15-8-11(18(25)20-3)4-7-16(15)24(17)12-5-6-13-14(9-12)23-19(26)22-13/h4-10,12H,1-3H3,(H,20,25)(H,23,26). The molecule has 1 aromatic carbocycles. The van der Waals surface area contributed by atoms with Crippen LogP contribution < -0.4 is 10.6 Å². The molecule has 0 saturated heterocycles. The predicted octanol–water partition coefficient (Wildman–Crippen LogP) is 2.68. The molecule has 1 aliphatic carbocycles. The number of nitrogens with zero attached hydrogens (tertiary/aromatic N) is 3. The zero-order valence-corrected chi connectivity index (χ0v) is 14.8. The van der Waals surface area contributed by atoms with Crippen LogP contribution in [0.4, 0.5) is 4.79 Å². The molecule has 0 bridgehead atoms. The van der Waals surface area contributed by atoms with Gasteiger partial charge in [0.2, 0.25) is 0 Å². The highest BCUT2D eigenvalue weighted by Crippen LogP contribution is 2.30. The Morgan fingerprint density at radius 3 is 2.88 bits per heavy atom. The molecule has 2 N–H and O–H groups in total. The summed E-state index contributed by atoms with van der Waals surface area (Å²) in [6.45, 7) is 4.17. The highest BCUT2D eigenvalue weighted by Gasteiger charge is 2.25. The first kappa shape index (κ1) is 16.3. The smallest absolute Gasteiger partial charge is 0.346 e. The third kappa shape index (κ3) is 2.52. The van der Waals surface area contributed by atoms with Crippen molar-refractivity contribution in [2.24, 2.45) is 4.99 Å². The molecule has 7 nitrogen and oxygen atoms in total. The van der Waals surface area contributed by atoms with Crippen molar-refractivity contribution in [3.8, 4) is 0 Å². The van der Waals surface area contributed by atoms with E-state index >= 15 is 0 Å². The number of benzene rings is 1. The van der Waals surface area contributed by atoms with Crippen LogP contribution in [-0.4, -0.2) is 34.2 Å². The van der Waals surface area contributed by atoms with Gasteiger partial charge in [0.15, 0.2) is 0 Å². The zero-order valence-electron chi connectivity index (χ0n) is 14.8. The molecule has 1 aromatic heterocycles. The van der Waals surface area contributed by atoms with E-state index in [1.165, 1.54) is 0 Å². The second-order valence-corrected chi connectivity index (χ2v) is 6.63. The highest BCUT2D eigenvalue weighted by atomic mass is 16.2. The third-order valence-corrected chi connectivity index (χ3v) is 4.55. The number of carbonyl (C=O) groups excluding carboxylic acids is 2. The minimum atomic E-state index is -0.341. The van der Waals surface area contributed by atoms with Crippen molar-refractivity contribution in [1.82, 2.24) is 20.2 Å². The number of fused-ring (bicyclic) bond motifs is 2. The summed E-state index contributed by atoms with van der Waals surface area (Å²) in [5, 5.41) is 5.39. The molecule has 1 unspecified atom stereocenters. The summed E-state index contributed by atoms with van der Waals surface area (Å²) in [6, 6.07) is 5.09. The van der Waals surface area contributed by atoms with Crippen LogP contribution in [0.25, 0.3) is 11.0 Å². The molecular weight excluding hydrogens is 330 g/mol. The Hall–Kier alpha value is -3.22. The maximum Gasteiger partial charge on any atom is 0.346 e. The summed E-state index contributed by atoms with van der Waals surface area (Å²) in [7, 11) is 1.61. The molecule has 7 heteroatoms. The molecule has 0 spiro atoms. The number of carbonyl (C=O) groups is 2. The van der Waals surface area contributed by atoms with Crippen molar-refractivity contribution in [2.75, 3.05) is 7.05 Å². The van der Waals surface area contributed by atoms with E-state index in [2.05, 4.69) is 34.0 Å². The maximum atomic E-state index is 11.9. The van der Waals surface area contributed by atoms with Gasteiger partial charge in [-0.3, -0.25) is 4.79 Å². The number of nitrogens with one attached hydrogen (secondary N) is 2. The highest BCUT2D eigenvalue weighted by molar-refractivity contribution is 6.19. The van der Waals surface area contributed by atoms with Gasteiger partial charge in [-0.05, 0) is 30.4 Å². The second-order valence-electron chi connectivity index (χ2n) is 6.63. The fraction of sp³-hybridized carbons (Fsp3) is 0.263. The van der Waals surface area contributed by atoms with E-state index in [9.17, 15) is 9.59 Å². The number of hydrogen-bond acceptors (Lipinski definition) is 3. The maximum absolute atomic E-state index is 11.9. The summed E-state index contributed by atoms with van der Waals surface area (Å²) < 4.78 is 2.14. The average molecular weight is 349 g/mol. The number of amides is 3. The first-order chi connectivity index (χ1) is 12.5. The van der Waals surface area contributed by atoms with Crippen LogP contribution in [0.2, 0.25) is 0 Å². The Morgan fingerprint density at radius 2 is 2.15 bits per heavy atom. The van der Waals surface area contributed by atoms with Gasteiger partial charge in [0, 0.05) is 18.5 Å². The molecule has 2 heterocycles. The number of imidazole rings is 1. The lowest BCUT2D eigenvalue weighted by atomic mass is 10.0. The molecule has 0 radical (unpaired) electrons. The number of aliphatic imine (C=N–C) groups is 1. The van der Waals surface area contributed by atoms with E-state index in [1.54, 1.807) is 19.2 Å². The topological polar surface area (TPSA) is 88.4 Å². The van der Waals surface area contributed by atoms with Gasteiger partial charge in [-0.2, -0.15) is 4.99 Å². The van der Waals surface area contributed by atoms with Gasteiger partial charge < -0.3 is 15.2 Å². The second kappa shape index (κ2) is 5.94. The molecule has 2 aromatic rings. The van der Waals surface area contributed by atoms with E-state index in [1.807, 2.05) is 24.3 Å². The molecule has 2 aliphatic rings. The third-order valence-electron chi connectivity index (χ3n) is 4.55. The van der Waals surface area contributed by atoms with E-state index in [0.29, 0.717) is 11.3 Å². The van der Waals surface area contributed by atoms with Crippen LogP contribution in [0.3, 0.4) is 0 Å². The minimum absolute atomic E-state index is 0.0874. The largest absolute Gasteiger partial charge is 0.355 e. The average Bonchev–Trinajstić information content (AvgIpc) is 3.19. The van der Waals surface area contributed by atoms with Crippen molar-refractivity contribution in [3.63, 3.8) is 0 Å². The normalized spacial score (nSPS) is 18.6. The molecule has 132 valence electrons. The first-order valence-electron chi connectivity index (χ1n) is 8.52. The molecule has 3 amide bonds. The van der Waals surface area contributed by atoms with Crippen molar-refractivity contribution >= 4 is 28.7 Å². The summed E-state index contributed by atoms with van der Waals surface area (Å²) >= 11 is 0. The molecule has 1 atom stereocenters. The van der Waals surface area contributed by atoms with Crippen LogP contribution in [0, 0.1) is 0 Å². The Morgan fingerprint density at radius 1 is 1.35 bits per heavy atom. The Bertz CT molecular complexity index is 1030. The van der Waals surface area contributed by atoms with Crippen molar-refractivity contribution in [3.05, 3.63) is 53.5 Å². The number of rotatable bonds is 3. The van der Waals surface area contributed by atoms with Crippen LogP contribution in [0.5, 0.6) is 0 Å². The summed E-state index contributed by atoms with van der Waals surface area (Å²) in [4.78, 5) is 32.1. The molecule has 0 saturated carbocycles. The lowest BCUT2D eigenvalue weighted by molar-refractivity contribution is 0.0963. The van der Waals surface area contributed by atoms with Gasteiger partial charge in [-0.15, -0.1) is 0 Å². The lowest BCUT2D eigenvalue weighted by Crippen LogP contribution is -2.20. The fourth-order valence-electron chi connectivity index (χ4n) is 3.33. The lowest BCUT2D eigenvalue weighted by Gasteiger charge is -2.20. The van der Waals surface area contributed by atoms with Crippen LogP contribution >= 0.6 is 0 Å². The monoisotopic (exact) mass is 349 g/mol. The molecular formula is C19H19N5O2. The molecule has 1 aliphatic heterocycles. The van der Waals surface area contributed by atoms with Crippen LogP contribution in [0.1, 0.15) is 42.0 Å². The van der Waals surface area contributed by atoms with Gasteiger partial charge in [-0.1, -0.05) is 19.9 Å². The minimum Gasteiger partial charge on any atom is -0.355 e. The van der Waals surface area contributed by atoms with Gasteiger partial charge >= 0.3 is 6.03 Å². The van der Waals surface area contributed by atoms with Gasteiger partial charge in [-0.25, -0.2) is 9.78 Å². The quantitative estimate of drug-likeness (QED) is 0.893. The summed E-state index contributed by atoms with van der Waals surface area (Å²) in [5.74, 6) is 0.984. The number of urea groups is 1. The van der Waals surface area contributed by atoms with E-state index in [-0.39, 0.29) is 23.9 Å². The molecule has 4 rings (SSSR count). The van der Waals surface area contributed by atoms with E-state index in [4.69, 9.17) is 4.98 Å². The van der Waals surface area contributed by atoms with Crippen molar-refractivity contribution < 1.29 is 9.59 Å². The number of aromatic nitrogens is 2. The SMILES string of the molecule is CNC(=O)c1ccc2c(c1)nc(C(C)C)n2C1C=CC2=NC(=O)NC2=C1. The molecule has 26 heavy (non-hydrogen) atoms. The van der Waals surface area contributed by atoms with E-state index < -0.39 is 0 Å². The Kier molecular flexibility index (Phi) is 3.72.